The first kappa shape index (κ1) is 11.3. The van der Waals surface area contributed by atoms with Crippen LogP contribution >= 0.6 is 11.3 Å². The van der Waals surface area contributed by atoms with E-state index in [4.69, 9.17) is 5.11 Å². The van der Waals surface area contributed by atoms with Gasteiger partial charge in [0.1, 0.15) is 0 Å². The van der Waals surface area contributed by atoms with E-state index in [9.17, 15) is 9.18 Å². The number of carbonyl (C=O) groups is 1. The SMILES string of the molecule is Cc1nc(C(=O)C(C)(C)F)sc1CO. The molecule has 1 rings (SSSR count). The van der Waals surface area contributed by atoms with Crippen molar-refractivity contribution in [2.24, 2.45) is 0 Å². The van der Waals surface area contributed by atoms with Crippen molar-refractivity contribution in [3.63, 3.8) is 0 Å². The molecule has 1 heterocycles. The van der Waals surface area contributed by atoms with E-state index in [2.05, 4.69) is 4.98 Å². The van der Waals surface area contributed by atoms with Crippen LogP contribution in [-0.2, 0) is 6.61 Å². The number of rotatable bonds is 3. The standard InChI is InChI=1S/C9H12FNO2S/c1-5-6(4-12)14-8(11-5)7(13)9(2,3)10/h12H,4H2,1-3H3. The zero-order chi connectivity index (χ0) is 10.9. The molecule has 14 heavy (non-hydrogen) atoms. The van der Waals surface area contributed by atoms with Crippen molar-refractivity contribution < 1.29 is 14.3 Å². The fourth-order valence-electron chi connectivity index (χ4n) is 0.926. The smallest absolute Gasteiger partial charge is 0.227 e. The Morgan fingerprint density at radius 3 is 2.57 bits per heavy atom. The topological polar surface area (TPSA) is 50.2 Å². The van der Waals surface area contributed by atoms with E-state index in [0.29, 0.717) is 10.6 Å². The van der Waals surface area contributed by atoms with Crippen LogP contribution in [0.3, 0.4) is 0 Å². The predicted octanol–water partition coefficient (Wildman–Crippen LogP) is 1.87. The molecule has 0 aliphatic heterocycles. The van der Waals surface area contributed by atoms with Gasteiger partial charge in [-0.1, -0.05) is 0 Å². The largest absolute Gasteiger partial charge is 0.391 e. The third-order valence-corrected chi connectivity index (χ3v) is 2.91. The molecule has 0 amide bonds. The number of halogens is 1. The van der Waals surface area contributed by atoms with Crippen LogP contribution in [-0.4, -0.2) is 21.5 Å². The molecule has 1 N–H and O–H groups in total. The summed E-state index contributed by atoms with van der Waals surface area (Å²) in [7, 11) is 0. The van der Waals surface area contributed by atoms with Crippen LogP contribution in [0.2, 0.25) is 0 Å². The number of hydrogen-bond donors (Lipinski definition) is 1. The van der Waals surface area contributed by atoms with E-state index in [1.165, 1.54) is 13.8 Å². The number of ketones is 1. The zero-order valence-electron chi connectivity index (χ0n) is 8.30. The maximum atomic E-state index is 13.3. The molecular formula is C9H12FNO2S. The summed E-state index contributed by atoms with van der Waals surface area (Å²) in [5.41, 5.74) is -1.32. The summed E-state index contributed by atoms with van der Waals surface area (Å²) in [5.74, 6) is -0.634. The van der Waals surface area contributed by atoms with Crippen LogP contribution in [0.1, 0.15) is 34.2 Å². The van der Waals surface area contributed by atoms with Crippen molar-refractivity contribution in [2.75, 3.05) is 0 Å². The van der Waals surface area contributed by atoms with Crippen molar-refractivity contribution in [3.05, 3.63) is 15.6 Å². The van der Waals surface area contributed by atoms with Crippen molar-refractivity contribution in [3.8, 4) is 0 Å². The fraction of sp³-hybridized carbons (Fsp3) is 0.556. The molecule has 0 fully saturated rings. The molecule has 78 valence electrons. The molecule has 0 atom stereocenters. The Balaban J connectivity index is 3.03. The Morgan fingerprint density at radius 2 is 2.21 bits per heavy atom. The van der Waals surface area contributed by atoms with Gasteiger partial charge < -0.3 is 5.11 Å². The number of hydrogen-bond acceptors (Lipinski definition) is 4. The number of alkyl halides is 1. The molecule has 0 aromatic carbocycles. The van der Waals surface area contributed by atoms with E-state index in [-0.39, 0.29) is 11.6 Å². The lowest BCUT2D eigenvalue weighted by atomic mass is 10.1. The third kappa shape index (κ3) is 2.16. The highest BCUT2D eigenvalue weighted by Gasteiger charge is 2.30. The predicted molar refractivity (Wildman–Crippen MR) is 52.3 cm³/mol. The minimum atomic E-state index is -1.91. The van der Waals surface area contributed by atoms with E-state index < -0.39 is 11.5 Å². The van der Waals surface area contributed by atoms with Crippen LogP contribution < -0.4 is 0 Å². The molecule has 0 spiro atoms. The van der Waals surface area contributed by atoms with Crippen molar-refractivity contribution in [1.29, 1.82) is 0 Å². The highest BCUT2D eigenvalue weighted by Crippen LogP contribution is 2.23. The quantitative estimate of drug-likeness (QED) is 0.786. The molecule has 0 aliphatic carbocycles. The van der Waals surface area contributed by atoms with Crippen LogP contribution in [0, 0.1) is 6.92 Å². The Morgan fingerprint density at radius 1 is 1.64 bits per heavy atom. The summed E-state index contributed by atoms with van der Waals surface area (Å²) in [6.07, 6.45) is 0. The molecule has 3 nitrogen and oxygen atoms in total. The molecule has 0 saturated carbocycles. The van der Waals surface area contributed by atoms with Gasteiger partial charge in [-0.05, 0) is 20.8 Å². The van der Waals surface area contributed by atoms with Gasteiger partial charge in [0.25, 0.3) is 0 Å². The Labute approximate surface area is 85.6 Å². The van der Waals surface area contributed by atoms with E-state index in [1.54, 1.807) is 6.92 Å². The number of aromatic nitrogens is 1. The second-order valence-electron chi connectivity index (χ2n) is 3.49. The van der Waals surface area contributed by atoms with Gasteiger partial charge in [0.05, 0.1) is 17.2 Å². The number of thiazole rings is 1. The molecule has 0 radical (unpaired) electrons. The molecule has 0 unspecified atom stereocenters. The van der Waals surface area contributed by atoms with Gasteiger partial charge in [0.15, 0.2) is 10.7 Å². The minimum Gasteiger partial charge on any atom is -0.391 e. The molecule has 0 aliphatic rings. The monoisotopic (exact) mass is 217 g/mol. The van der Waals surface area contributed by atoms with Crippen LogP contribution in [0.15, 0.2) is 0 Å². The lowest BCUT2D eigenvalue weighted by Gasteiger charge is -2.09. The fourth-order valence-corrected chi connectivity index (χ4v) is 1.94. The summed E-state index contributed by atoms with van der Waals surface area (Å²) in [6, 6.07) is 0. The van der Waals surface area contributed by atoms with Crippen molar-refractivity contribution in [2.45, 2.75) is 33.0 Å². The van der Waals surface area contributed by atoms with E-state index in [0.717, 1.165) is 11.3 Å². The number of aliphatic hydroxyl groups excluding tert-OH is 1. The summed E-state index contributed by atoms with van der Waals surface area (Å²) < 4.78 is 13.3. The average molecular weight is 217 g/mol. The van der Waals surface area contributed by atoms with Crippen LogP contribution in [0.25, 0.3) is 0 Å². The number of aliphatic hydroxyl groups is 1. The van der Waals surface area contributed by atoms with Crippen molar-refractivity contribution >= 4 is 17.1 Å². The van der Waals surface area contributed by atoms with Gasteiger partial charge >= 0.3 is 0 Å². The minimum absolute atomic E-state index is 0.124. The van der Waals surface area contributed by atoms with Gasteiger partial charge in [-0.3, -0.25) is 4.79 Å². The van der Waals surface area contributed by atoms with Gasteiger partial charge in [0, 0.05) is 0 Å². The summed E-state index contributed by atoms with van der Waals surface area (Å²) in [4.78, 5) is 16.0. The molecule has 0 bridgehead atoms. The molecule has 1 aromatic heterocycles. The number of carbonyl (C=O) groups excluding carboxylic acids is 1. The normalized spacial score (nSPS) is 11.8. The van der Waals surface area contributed by atoms with E-state index >= 15 is 0 Å². The number of aryl methyl sites for hydroxylation is 1. The lowest BCUT2D eigenvalue weighted by molar-refractivity contribution is 0.0759. The summed E-state index contributed by atoms with van der Waals surface area (Å²) >= 11 is 1.04. The first-order chi connectivity index (χ1) is 6.36. The molecule has 5 heteroatoms. The highest BCUT2D eigenvalue weighted by molar-refractivity contribution is 7.13. The van der Waals surface area contributed by atoms with Crippen LogP contribution in [0.4, 0.5) is 4.39 Å². The zero-order valence-corrected chi connectivity index (χ0v) is 9.11. The maximum absolute atomic E-state index is 13.3. The van der Waals surface area contributed by atoms with Crippen LogP contribution in [0.5, 0.6) is 0 Å². The van der Waals surface area contributed by atoms with Gasteiger partial charge in [-0.2, -0.15) is 0 Å². The Hall–Kier alpha value is -0.810. The Kier molecular flexibility index (Phi) is 3.01. The average Bonchev–Trinajstić information content (AvgIpc) is 2.43. The highest BCUT2D eigenvalue weighted by atomic mass is 32.1. The first-order valence-electron chi connectivity index (χ1n) is 4.17. The second-order valence-corrected chi connectivity index (χ2v) is 4.57. The van der Waals surface area contributed by atoms with Gasteiger partial charge in [-0.25, -0.2) is 9.37 Å². The van der Waals surface area contributed by atoms with Gasteiger partial charge in [0.2, 0.25) is 5.78 Å². The molecule has 1 aromatic rings. The third-order valence-electron chi connectivity index (χ3n) is 1.77. The molecule has 0 saturated heterocycles. The van der Waals surface area contributed by atoms with Crippen molar-refractivity contribution in [1.82, 2.24) is 4.98 Å². The second kappa shape index (κ2) is 3.74. The number of nitrogens with zero attached hydrogens (tertiary/aromatic N) is 1. The number of Topliss-reactive ketones (excluding diaryl/α,β-unsaturated/α-hetero) is 1. The van der Waals surface area contributed by atoms with Gasteiger partial charge in [-0.15, -0.1) is 11.3 Å². The lowest BCUT2D eigenvalue weighted by Crippen LogP contribution is -2.25. The molecular weight excluding hydrogens is 205 g/mol. The first-order valence-corrected chi connectivity index (χ1v) is 4.98. The maximum Gasteiger partial charge on any atom is 0.227 e. The summed E-state index contributed by atoms with van der Waals surface area (Å²) in [6.45, 7) is 3.92. The Bertz CT molecular complexity index is 354. The summed E-state index contributed by atoms with van der Waals surface area (Å²) in [5, 5.41) is 9.01. The van der Waals surface area contributed by atoms with E-state index in [1.807, 2.05) is 0 Å².